The average molecular weight is 482 g/mol. The maximum atomic E-state index is 12.5. The molecule has 0 saturated carbocycles. The van der Waals surface area contributed by atoms with Crippen LogP contribution in [0.1, 0.15) is 11.1 Å². The van der Waals surface area contributed by atoms with Crippen molar-refractivity contribution in [2.75, 3.05) is 20.8 Å². The molecular weight excluding hydrogens is 462 g/mol. The van der Waals surface area contributed by atoms with Crippen LogP contribution in [0.25, 0.3) is 6.08 Å². The number of hydrogen-bond donors (Lipinski definition) is 1. The molecule has 2 aromatic carbocycles. The summed E-state index contributed by atoms with van der Waals surface area (Å²) in [5.74, 6) is -1.68. The predicted molar refractivity (Wildman–Crippen MR) is 113 cm³/mol. The molecule has 182 valence electrons. The molecule has 0 aliphatic carbocycles. The smallest absolute Gasteiger partial charge is 0.387 e. The van der Waals surface area contributed by atoms with Crippen molar-refractivity contribution in [3.8, 4) is 23.0 Å². The molecule has 13 heteroatoms. The summed E-state index contributed by atoms with van der Waals surface area (Å²) in [6, 6.07) is 6.43. The van der Waals surface area contributed by atoms with Gasteiger partial charge in [0.05, 0.1) is 30.8 Å². The van der Waals surface area contributed by atoms with Crippen molar-refractivity contribution >= 4 is 23.6 Å². The Kier molecular flexibility index (Phi) is 9.11. The Morgan fingerprint density at radius 2 is 1.76 bits per heavy atom. The van der Waals surface area contributed by atoms with Crippen LogP contribution in [-0.2, 0) is 20.9 Å². The number of ether oxygens (including phenoxy) is 5. The first-order valence-corrected chi connectivity index (χ1v) is 9.38. The molecule has 11 nitrogen and oxygen atoms in total. The first-order chi connectivity index (χ1) is 16.1. The van der Waals surface area contributed by atoms with Gasteiger partial charge in [-0.1, -0.05) is 6.07 Å². The van der Waals surface area contributed by atoms with Crippen LogP contribution in [0.4, 0.5) is 14.5 Å². The summed E-state index contributed by atoms with van der Waals surface area (Å²) in [6.45, 7) is -4.09. The number of nitrogens with zero attached hydrogens (tertiary/aromatic N) is 1. The fraction of sp³-hybridized carbons (Fsp3) is 0.238. The number of amides is 1. The lowest BCUT2D eigenvalue weighted by Gasteiger charge is -2.12. The summed E-state index contributed by atoms with van der Waals surface area (Å²) < 4.78 is 49.6. The molecular formula is C21H20F2N2O9. The van der Waals surface area contributed by atoms with E-state index in [0.717, 1.165) is 25.3 Å². The molecule has 2 rings (SSSR count). The van der Waals surface area contributed by atoms with Gasteiger partial charge in [0.25, 0.3) is 11.6 Å². The first kappa shape index (κ1) is 25.8. The van der Waals surface area contributed by atoms with Crippen molar-refractivity contribution < 1.29 is 47.0 Å². The minimum atomic E-state index is -3.22. The fourth-order valence-corrected chi connectivity index (χ4v) is 2.64. The average Bonchev–Trinajstić information content (AvgIpc) is 2.79. The number of esters is 1. The van der Waals surface area contributed by atoms with Gasteiger partial charge < -0.3 is 29.4 Å². The van der Waals surface area contributed by atoms with Gasteiger partial charge in [0.15, 0.2) is 29.6 Å². The third kappa shape index (κ3) is 7.32. The second-order valence-corrected chi connectivity index (χ2v) is 6.37. The normalized spacial score (nSPS) is 10.7. The SMILES string of the molecule is COc1cc(/C=C/C(=O)OCc2cc(OC)c(OC(F)F)cc2[N+](=O)[O-])ccc1OCC(N)=O. The number of carbonyl (C=O) groups is 2. The summed E-state index contributed by atoms with van der Waals surface area (Å²) >= 11 is 0. The largest absolute Gasteiger partial charge is 0.493 e. The van der Waals surface area contributed by atoms with Crippen LogP contribution in [0, 0.1) is 10.1 Å². The van der Waals surface area contributed by atoms with E-state index in [-0.39, 0.29) is 29.4 Å². The lowest BCUT2D eigenvalue weighted by Crippen LogP contribution is -2.20. The fourth-order valence-electron chi connectivity index (χ4n) is 2.64. The zero-order valence-electron chi connectivity index (χ0n) is 18.0. The Bertz CT molecular complexity index is 1090. The zero-order chi connectivity index (χ0) is 25.3. The number of hydrogen-bond acceptors (Lipinski definition) is 9. The molecule has 0 unspecified atom stereocenters. The second-order valence-electron chi connectivity index (χ2n) is 6.37. The number of carbonyl (C=O) groups excluding carboxylic acids is 2. The van der Waals surface area contributed by atoms with E-state index >= 15 is 0 Å². The van der Waals surface area contributed by atoms with Crippen molar-refractivity contribution in [3.05, 3.63) is 57.6 Å². The van der Waals surface area contributed by atoms with Gasteiger partial charge in [-0.05, 0) is 29.8 Å². The van der Waals surface area contributed by atoms with Gasteiger partial charge in [0.1, 0.15) is 6.61 Å². The Morgan fingerprint density at radius 3 is 2.35 bits per heavy atom. The summed E-state index contributed by atoms with van der Waals surface area (Å²) in [5, 5.41) is 11.3. The molecule has 0 saturated heterocycles. The molecule has 0 aromatic heterocycles. The molecule has 0 fully saturated rings. The molecule has 0 aliphatic heterocycles. The molecule has 34 heavy (non-hydrogen) atoms. The molecule has 0 heterocycles. The minimum absolute atomic E-state index is 0.0946. The number of alkyl halides is 2. The van der Waals surface area contributed by atoms with Gasteiger partial charge in [-0.3, -0.25) is 14.9 Å². The van der Waals surface area contributed by atoms with E-state index in [4.69, 9.17) is 24.7 Å². The first-order valence-electron chi connectivity index (χ1n) is 9.38. The van der Waals surface area contributed by atoms with E-state index < -0.39 is 41.5 Å². The quantitative estimate of drug-likeness (QED) is 0.208. The van der Waals surface area contributed by atoms with Gasteiger partial charge in [-0.15, -0.1) is 0 Å². The van der Waals surface area contributed by atoms with Crippen LogP contribution in [0.2, 0.25) is 0 Å². The highest BCUT2D eigenvalue weighted by Gasteiger charge is 2.22. The Balaban J connectivity index is 2.12. The third-order valence-corrected chi connectivity index (χ3v) is 4.12. The zero-order valence-corrected chi connectivity index (χ0v) is 18.0. The number of halogens is 2. The van der Waals surface area contributed by atoms with Gasteiger partial charge >= 0.3 is 12.6 Å². The number of nitrogens with two attached hydrogens (primary N) is 1. The van der Waals surface area contributed by atoms with Crippen LogP contribution in [0.3, 0.4) is 0 Å². The molecule has 1 amide bonds. The molecule has 0 spiro atoms. The van der Waals surface area contributed by atoms with E-state index in [9.17, 15) is 28.5 Å². The number of nitro groups is 1. The Hall–Kier alpha value is -4.42. The van der Waals surface area contributed by atoms with Gasteiger partial charge in [-0.2, -0.15) is 8.78 Å². The van der Waals surface area contributed by atoms with Crippen molar-refractivity contribution in [1.82, 2.24) is 0 Å². The van der Waals surface area contributed by atoms with Crippen LogP contribution in [0.5, 0.6) is 23.0 Å². The van der Waals surface area contributed by atoms with Crippen LogP contribution < -0.4 is 24.7 Å². The Labute approximate surface area is 191 Å². The molecule has 0 atom stereocenters. The predicted octanol–water partition coefficient (Wildman–Crippen LogP) is 2.83. The summed E-state index contributed by atoms with van der Waals surface area (Å²) in [4.78, 5) is 33.4. The van der Waals surface area contributed by atoms with Crippen molar-refractivity contribution in [2.24, 2.45) is 5.73 Å². The molecule has 2 N–H and O–H groups in total. The molecule has 0 aliphatic rings. The number of nitro benzene ring substituents is 1. The van der Waals surface area contributed by atoms with E-state index in [0.29, 0.717) is 5.56 Å². The van der Waals surface area contributed by atoms with Gasteiger partial charge in [-0.25, -0.2) is 4.79 Å². The Morgan fingerprint density at radius 1 is 1.09 bits per heavy atom. The topological polar surface area (TPSA) is 149 Å². The highest BCUT2D eigenvalue weighted by atomic mass is 19.3. The summed E-state index contributed by atoms with van der Waals surface area (Å²) in [7, 11) is 2.55. The van der Waals surface area contributed by atoms with Gasteiger partial charge in [0.2, 0.25) is 0 Å². The van der Waals surface area contributed by atoms with Gasteiger partial charge in [0, 0.05) is 6.08 Å². The van der Waals surface area contributed by atoms with Crippen molar-refractivity contribution in [1.29, 1.82) is 0 Å². The van der Waals surface area contributed by atoms with Crippen LogP contribution in [-0.4, -0.2) is 44.2 Å². The number of rotatable bonds is 12. The lowest BCUT2D eigenvalue weighted by atomic mass is 10.1. The highest BCUT2D eigenvalue weighted by Crippen LogP contribution is 2.36. The number of primary amides is 1. The molecule has 0 bridgehead atoms. The molecule has 0 radical (unpaired) electrons. The van der Waals surface area contributed by atoms with E-state index in [2.05, 4.69) is 4.74 Å². The maximum absolute atomic E-state index is 12.5. The number of methoxy groups -OCH3 is 2. The minimum Gasteiger partial charge on any atom is -0.493 e. The van der Waals surface area contributed by atoms with E-state index in [1.54, 1.807) is 6.07 Å². The maximum Gasteiger partial charge on any atom is 0.387 e. The number of benzene rings is 2. The lowest BCUT2D eigenvalue weighted by molar-refractivity contribution is -0.386. The molecule has 2 aromatic rings. The monoisotopic (exact) mass is 482 g/mol. The second kappa shape index (κ2) is 12.0. The van der Waals surface area contributed by atoms with Crippen molar-refractivity contribution in [2.45, 2.75) is 13.2 Å². The van der Waals surface area contributed by atoms with E-state index in [1.165, 1.54) is 25.3 Å². The van der Waals surface area contributed by atoms with E-state index in [1.807, 2.05) is 0 Å². The third-order valence-electron chi connectivity index (χ3n) is 4.12. The standard InChI is InChI=1S/C21H20F2N2O9/c1-30-16-7-12(3-5-15(16)32-11-19(24)26)4-6-20(27)33-10-13-8-17(31-2)18(34-21(22)23)9-14(13)25(28)29/h3-9,21H,10-11H2,1-2H3,(H2,24,26)/b6-4+. The van der Waals surface area contributed by atoms with Crippen LogP contribution in [0.15, 0.2) is 36.4 Å². The summed E-state index contributed by atoms with van der Waals surface area (Å²) in [5.41, 5.74) is 4.86. The highest BCUT2D eigenvalue weighted by molar-refractivity contribution is 5.87. The van der Waals surface area contributed by atoms with Crippen molar-refractivity contribution in [3.63, 3.8) is 0 Å². The van der Waals surface area contributed by atoms with Crippen LogP contribution >= 0.6 is 0 Å². The summed E-state index contributed by atoms with van der Waals surface area (Å²) in [6.07, 6.45) is 2.45.